The summed E-state index contributed by atoms with van der Waals surface area (Å²) in [5, 5.41) is 9.84. The van der Waals surface area contributed by atoms with Crippen LogP contribution in [0.15, 0.2) is 35.5 Å². The number of allylic oxidation sites excluding steroid dienone is 5. The van der Waals surface area contributed by atoms with E-state index in [0.29, 0.717) is 11.8 Å². The van der Waals surface area contributed by atoms with Gasteiger partial charge in [-0.15, -0.1) is 0 Å². The molecule has 1 aliphatic carbocycles. The van der Waals surface area contributed by atoms with Gasteiger partial charge in [-0.3, -0.25) is 0 Å². The molecule has 0 saturated heterocycles. The van der Waals surface area contributed by atoms with Gasteiger partial charge in [-0.1, -0.05) is 43.7 Å². The maximum atomic E-state index is 9.84. The molecule has 0 aromatic heterocycles. The Labute approximate surface area is 99.6 Å². The summed E-state index contributed by atoms with van der Waals surface area (Å²) in [5.74, 6) is 1.10. The quantitative estimate of drug-likeness (QED) is 0.713. The number of hydrogen-bond donors (Lipinski definition) is 1. The highest BCUT2D eigenvalue weighted by molar-refractivity contribution is 5.25. The first-order chi connectivity index (χ1) is 7.49. The summed E-state index contributed by atoms with van der Waals surface area (Å²) in [6, 6.07) is 0. The maximum absolute atomic E-state index is 9.84. The first-order valence-electron chi connectivity index (χ1n) is 6.20. The lowest BCUT2D eigenvalue weighted by Crippen LogP contribution is -2.12. The monoisotopic (exact) mass is 220 g/mol. The Bertz CT molecular complexity index is 305. The van der Waals surface area contributed by atoms with E-state index >= 15 is 0 Å². The molecule has 16 heavy (non-hydrogen) atoms. The number of aliphatic hydroxyl groups excluding tert-OH is 1. The van der Waals surface area contributed by atoms with E-state index in [-0.39, 0.29) is 6.10 Å². The van der Waals surface area contributed by atoms with E-state index in [1.54, 1.807) is 0 Å². The van der Waals surface area contributed by atoms with Gasteiger partial charge in [0.1, 0.15) is 0 Å². The third-order valence-corrected chi connectivity index (χ3v) is 3.03. The van der Waals surface area contributed by atoms with Crippen LogP contribution in [-0.2, 0) is 0 Å². The van der Waals surface area contributed by atoms with Crippen molar-refractivity contribution in [1.29, 1.82) is 0 Å². The number of aliphatic hydroxyl groups is 1. The molecule has 90 valence electrons. The topological polar surface area (TPSA) is 20.2 Å². The van der Waals surface area contributed by atoms with Gasteiger partial charge in [-0.25, -0.2) is 0 Å². The second-order valence-electron chi connectivity index (χ2n) is 5.22. The lowest BCUT2D eigenvalue weighted by Gasteiger charge is -2.19. The summed E-state index contributed by atoms with van der Waals surface area (Å²) in [7, 11) is 0. The average molecular weight is 220 g/mol. The molecule has 0 saturated carbocycles. The van der Waals surface area contributed by atoms with E-state index in [0.717, 1.165) is 12.8 Å². The van der Waals surface area contributed by atoms with Crippen LogP contribution in [0, 0.1) is 11.8 Å². The Balaban J connectivity index is 2.50. The first kappa shape index (κ1) is 13.2. The third kappa shape index (κ3) is 4.36. The molecule has 1 N–H and O–H groups in total. The highest BCUT2D eigenvalue weighted by Gasteiger charge is 2.13. The van der Waals surface area contributed by atoms with Crippen LogP contribution in [0.5, 0.6) is 0 Å². The van der Waals surface area contributed by atoms with Crippen LogP contribution in [0.1, 0.15) is 40.5 Å². The fourth-order valence-electron chi connectivity index (χ4n) is 2.06. The normalized spacial score (nSPS) is 23.6. The van der Waals surface area contributed by atoms with Gasteiger partial charge in [0.25, 0.3) is 0 Å². The molecule has 1 heteroatoms. The van der Waals surface area contributed by atoms with Crippen LogP contribution in [-0.4, -0.2) is 11.2 Å². The van der Waals surface area contributed by atoms with E-state index in [1.807, 2.05) is 19.9 Å². The van der Waals surface area contributed by atoms with Crippen LogP contribution < -0.4 is 0 Å². The first-order valence-corrected chi connectivity index (χ1v) is 6.20. The van der Waals surface area contributed by atoms with E-state index in [1.165, 1.54) is 11.1 Å². The van der Waals surface area contributed by atoms with Crippen molar-refractivity contribution in [2.24, 2.45) is 11.8 Å². The molecule has 1 nitrogen and oxygen atoms in total. The standard InChI is InChI=1S/C15H24O/c1-11(2)9-15(16)10-13(4)14-7-5-12(3)6-8-14/h5,7-9,12-13,15-16H,6,10H2,1-4H3/t12?,13-,15?/m0/s1. The van der Waals surface area contributed by atoms with Gasteiger partial charge in [0, 0.05) is 0 Å². The molecule has 0 spiro atoms. The van der Waals surface area contributed by atoms with E-state index in [4.69, 9.17) is 0 Å². The lowest BCUT2D eigenvalue weighted by atomic mass is 9.88. The van der Waals surface area contributed by atoms with E-state index < -0.39 is 0 Å². The van der Waals surface area contributed by atoms with Crippen LogP contribution in [0.25, 0.3) is 0 Å². The third-order valence-electron chi connectivity index (χ3n) is 3.03. The molecule has 3 atom stereocenters. The molecule has 2 unspecified atom stereocenters. The number of rotatable bonds is 4. The van der Waals surface area contributed by atoms with Crippen LogP contribution in [0.3, 0.4) is 0 Å². The Morgan fingerprint density at radius 1 is 1.56 bits per heavy atom. The van der Waals surface area contributed by atoms with Crippen LogP contribution in [0.4, 0.5) is 0 Å². The summed E-state index contributed by atoms with van der Waals surface area (Å²) in [4.78, 5) is 0. The fourth-order valence-corrected chi connectivity index (χ4v) is 2.06. The van der Waals surface area contributed by atoms with Crippen molar-refractivity contribution in [3.8, 4) is 0 Å². The summed E-state index contributed by atoms with van der Waals surface area (Å²) >= 11 is 0. The summed E-state index contributed by atoms with van der Waals surface area (Å²) < 4.78 is 0. The van der Waals surface area contributed by atoms with Crippen LogP contribution in [0.2, 0.25) is 0 Å². The van der Waals surface area contributed by atoms with Gasteiger partial charge in [0.2, 0.25) is 0 Å². The van der Waals surface area contributed by atoms with Gasteiger partial charge in [-0.2, -0.15) is 0 Å². The van der Waals surface area contributed by atoms with Crippen molar-refractivity contribution >= 4 is 0 Å². The molecule has 0 fully saturated rings. The molecule has 0 aliphatic heterocycles. The lowest BCUT2D eigenvalue weighted by molar-refractivity contribution is 0.197. The van der Waals surface area contributed by atoms with Gasteiger partial charge in [0.15, 0.2) is 0 Å². The fraction of sp³-hybridized carbons (Fsp3) is 0.600. The van der Waals surface area contributed by atoms with Crippen molar-refractivity contribution in [2.75, 3.05) is 0 Å². The van der Waals surface area contributed by atoms with Gasteiger partial charge in [-0.05, 0) is 44.1 Å². The Hall–Kier alpha value is -0.820. The van der Waals surface area contributed by atoms with E-state index in [9.17, 15) is 5.11 Å². The maximum Gasteiger partial charge on any atom is 0.0729 e. The van der Waals surface area contributed by atoms with Crippen molar-refractivity contribution in [3.63, 3.8) is 0 Å². The van der Waals surface area contributed by atoms with Gasteiger partial charge < -0.3 is 5.11 Å². The molecular weight excluding hydrogens is 196 g/mol. The molecule has 0 aromatic carbocycles. The smallest absolute Gasteiger partial charge is 0.0729 e. The highest BCUT2D eigenvalue weighted by Crippen LogP contribution is 2.24. The van der Waals surface area contributed by atoms with Crippen molar-refractivity contribution in [3.05, 3.63) is 35.5 Å². The second-order valence-corrected chi connectivity index (χ2v) is 5.22. The minimum Gasteiger partial charge on any atom is -0.389 e. The molecule has 0 heterocycles. The molecule has 0 radical (unpaired) electrons. The zero-order valence-corrected chi connectivity index (χ0v) is 10.9. The number of hydrogen-bond acceptors (Lipinski definition) is 1. The predicted octanol–water partition coefficient (Wildman–Crippen LogP) is 3.86. The zero-order chi connectivity index (χ0) is 12.1. The molecule has 1 aliphatic rings. The molecular formula is C15H24O. The average Bonchev–Trinajstić information content (AvgIpc) is 2.16. The highest BCUT2D eigenvalue weighted by atomic mass is 16.3. The van der Waals surface area contributed by atoms with Crippen molar-refractivity contribution in [2.45, 2.75) is 46.6 Å². The second kappa shape index (κ2) is 6.05. The SMILES string of the molecule is CC(C)=CC(O)C[C@H](C)C1=CCC(C)C=C1. The summed E-state index contributed by atoms with van der Waals surface area (Å²) in [6.45, 7) is 8.46. The Morgan fingerprint density at radius 2 is 2.25 bits per heavy atom. The van der Waals surface area contributed by atoms with Gasteiger partial charge in [0.05, 0.1) is 6.10 Å². The van der Waals surface area contributed by atoms with Crippen molar-refractivity contribution in [1.82, 2.24) is 0 Å². The van der Waals surface area contributed by atoms with E-state index in [2.05, 4.69) is 32.1 Å². The predicted molar refractivity (Wildman–Crippen MR) is 70.2 cm³/mol. The summed E-state index contributed by atoms with van der Waals surface area (Å²) in [6.07, 6.45) is 10.4. The molecule has 0 bridgehead atoms. The van der Waals surface area contributed by atoms with Crippen LogP contribution >= 0.6 is 0 Å². The Morgan fingerprint density at radius 3 is 2.75 bits per heavy atom. The van der Waals surface area contributed by atoms with Crippen molar-refractivity contribution < 1.29 is 5.11 Å². The molecule has 0 aromatic rings. The summed E-state index contributed by atoms with van der Waals surface area (Å²) in [5.41, 5.74) is 2.56. The molecule has 1 rings (SSSR count). The minimum absolute atomic E-state index is 0.311. The largest absolute Gasteiger partial charge is 0.389 e. The minimum atomic E-state index is -0.311. The molecule has 0 amide bonds. The Kier molecular flexibility index (Phi) is 5.01. The van der Waals surface area contributed by atoms with Gasteiger partial charge >= 0.3 is 0 Å². The zero-order valence-electron chi connectivity index (χ0n) is 10.9.